The van der Waals surface area contributed by atoms with E-state index >= 15 is 0 Å². The summed E-state index contributed by atoms with van der Waals surface area (Å²) >= 11 is 0. The number of nitrogens with zero attached hydrogens (tertiary/aromatic N) is 1. The molecular formula is C20H21N2O-. The number of fused-ring (bicyclic) bond motifs is 1. The van der Waals surface area contributed by atoms with Crippen molar-refractivity contribution in [3.05, 3.63) is 65.9 Å². The summed E-state index contributed by atoms with van der Waals surface area (Å²) in [5.41, 5.74) is 3.37. The van der Waals surface area contributed by atoms with Gasteiger partial charge in [0.1, 0.15) is 0 Å². The summed E-state index contributed by atoms with van der Waals surface area (Å²) in [6, 6.07) is 15.8. The van der Waals surface area contributed by atoms with E-state index in [4.69, 9.17) is 0 Å². The van der Waals surface area contributed by atoms with Gasteiger partial charge in [-0.05, 0) is 23.1 Å². The van der Waals surface area contributed by atoms with Crippen LogP contribution in [-0.2, 0) is 12.0 Å². The molecule has 0 spiro atoms. The molecule has 3 nitrogen and oxygen atoms in total. The van der Waals surface area contributed by atoms with Gasteiger partial charge < -0.3 is 10.4 Å². The van der Waals surface area contributed by atoms with E-state index in [1.165, 1.54) is 0 Å². The molecule has 1 heterocycles. The van der Waals surface area contributed by atoms with Gasteiger partial charge in [-0.25, -0.2) is 0 Å². The van der Waals surface area contributed by atoms with Gasteiger partial charge in [0.25, 0.3) is 0 Å². The lowest BCUT2D eigenvalue weighted by molar-refractivity contribution is -0.271. The third kappa shape index (κ3) is 3.14. The molecule has 0 saturated heterocycles. The van der Waals surface area contributed by atoms with Crippen molar-refractivity contribution in [2.75, 3.05) is 5.32 Å². The summed E-state index contributed by atoms with van der Waals surface area (Å²) in [5, 5.41) is 17.1. The van der Waals surface area contributed by atoms with Crippen molar-refractivity contribution in [1.29, 1.82) is 0 Å². The maximum atomic E-state index is 12.6. The van der Waals surface area contributed by atoms with Gasteiger partial charge in [0.2, 0.25) is 0 Å². The van der Waals surface area contributed by atoms with Gasteiger partial charge in [0.05, 0.1) is 11.2 Å². The number of hydrogen-bond acceptors (Lipinski definition) is 3. The lowest BCUT2D eigenvalue weighted by Crippen LogP contribution is -2.16. The van der Waals surface area contributed by atoms with Gasteiger partial charge in [-0.1, -0.05) is 62.7 Å². The maximum absolute atomic E-state index is 12.6. The van der Waals surface area contributed by atoms with Gasteiger partial charge in [-0.15, -0.1) is 5.75 Å². The van der Waals surface area contributed by atoms with Crippen molar-refractivity contribution in [2.24, 2.45) is 0 Å². The summed E-state index contributed by atoms with van der Waals surface area (Å²) in [5.74, 6) is 0.126. The summed E-state index contributed by atoms with van der Waals surface area (Å²) in [4.78, 5) is 4.43. The van der Waals surface area contributed by atoms with E-state index < -0.39 is 0 Å². The zero-order valence-corrected chi connectivity index (χ0v) is 13.8. The van der Waals surface area contributed by atoms with Crippen LogP contribution >= 0.6 is 0 Å². The largest absolute Gasteiger partial charge is 0.872 e. The lowest BCUT2D eigenvalue weighted by atomic mass is 9.85. The Balaban J connectivity index is 1.89. The standard InChI is InChI=1S/C20H22N2O/c1-20(2,3)16-10-4-8-15(19(16)23)13-22-17-11-5-7-14-9-6-12-21-18(14)17/h4-12,22-23H,13H2,1-3H3/p-1. The van der Waals surface area contributed by atoms with Crippen molar-refractivity contribution in [1.82, 2.24) is 4.98 Å². The number of anilines is 1. The number of benzene rings is 2. The summed E-state index contributed by atoms with van der Waals surface area (Å²) in [7, 11) is 0. The van der Waals surface area contributed by atoms with Crippen molar-refractivity contribution in [3.8, 4) is 5.75 Å². The second kappa shape index (κ2) is 5.92. The molecular weight excluding hydrogens is 284 g/mol. The summed E-state index contributed by atoms with van der Waals surface area (Å²) < 4.78 is 0. The van der Waals surface area contributed by atoms with Crippen LogP contribution in [0, 0.1) is 0 Å². The van der Waals surface area contributed by atoms with Crippen molar-refractivity contribution in [2.45, 2.75) is 32.7 Å². The average molecular weight is 305 g/mol. The molecule has 0 aliphatic heterocycles. The molecule has 0 unspecified atom stereocenters. The molecule has 118 valence electrons. The fraction of sp³-hybridized carbons (Fsp3) is 0.250. The Morgan fingerprint density at radius 3 is 2.52 bits per heavy atom. The first-order valence-electron chi connectivity index (χ1n) is 7.84. The Kier molecular flexibility index (Phi) is 3.95. The van der Waals surface area contributed by atoms with E-state index in [0.29, 0.717) is 6.54 Å². The molecule has 0 bridgehead atoms. The zero-order valence-electron chi connectivity index (χ0n) is 13.8. The quantitative estimate of drug-likeness (QED) is 0.788. The SMILES string of the molecule is CC(C)(C)c1cccc(CNc2cccc3cccnc23)c1[O-]. The van der Waals surface area contributed by atoms with E-state index in [0.717, 1.165) is 27.7 Å². The van der Waals surface area contributed by atoms with Crippen molar-refractivity contribution < 1.29 is 5.11 Å². The number of hydrogen-bond donors (Lipinski definition) is 1. The van der Waals surface area contributed by atoms with Crippen LogP contribution in [0.4, 0.5) is 5.69 Å². The highest BCUT2D eigenvalue weighted by Gasteiger charge is 2.15. The predicted molar refractivity (Wildman–Crippen MR) is 93.7 cm³/mol. The zero-order chi connectivity index (χ0) is 16.4. The van der Waals surface area contributed by atoms with Gasteiger partial charge in [0, 0.05) is 18.1 Å². The third-order valence-electron chi connectivity index (χ3n) is 4.01. The Morgan fingerprint density at radius 2 is 1.74 bits per heavy atom. The number of rotatable bonds is 3. The van der Waals surface area contributed by atoms with E-state index in [2.05, 4.69) is 31.1 Å². The van der Waals surface area contributed by atoms with E-state index in [9.17, 15) is 5.11 Å². The molecule has 0 amide bonds. The number of nitrogens with one attached hydrogen (secondary N) is 1. The number of aromatic nitrogens is 1. The average Bonchev–Trinajstić information content (AvgIpc) is 2.53. The summed E-state index contributed by atoms with van der Waals surface area (Å²) in [6.45, 7) is 6.69. The smallest absolute Gasteiger partial charge is 0.0933 e. The minimum absolute atomic E-state index is 0.126. The minimum atomic E-state index is -0.145. The third-order valence-corrected chi connectivity index (χ3v) is 4.01. The van der Waals surface area contributed by atoms with Crippen LogP contribution in [0.1, 0.15) is 31.9 Å². The first-order valence-corrected chi connectivity index (χ1v) is 7.84. The number of para-hydroxylation sites is 2. The first kappa shape index (κ1) is 15.3. The second-order valence-corrected chi connectivity index (χ2v) is 6.78. The normalized spacial score (nSPS) is 11.6. The second-order valence-electron chi connectivity index (χ2n) is 6.78. The Bertz CT molecular complexity index is 829. The van der Waals surface area contributed by atoms with Gasteiger partial charge in [0.15, 0.2) is 0 Å². The molecule has 0 radical (unpaired) electrons. The maximum Gasteiger partial charge on any atom is 0.0933 e. The highest BCUT2D eigenvalue weighted by molar-refractivity contribution is 5.90. The Labute approximate surface area is 137 Å². The molecule has 3 heteroatoms. The molecule has 3 rings (SSSR count). The van der Waals surface area contributed by atoms with Gasteiger partial charge in [-0.2, -0.15) is 0 Å². The summed E-state index contributed by atoms with van der Waals surface area (Å²) in [6.07, 6.45) is 1.78. The van der Waals surface area contributed by atoms with Crippen molar-refractivity contribution in [3.63, 3.8) is 0 Å². The van der Waals surface area contributed by atoms with Crippen LogP contribution in [0.5, 0.6) is 5.75 Å². The van der Waals surface area contributed by atoms with Gasteiger partial charge in [-0.3, -0.25) is 4.98 Å². The van der Waals surface area contributed by atoms with Crippen LogP contribution in [0.25, 0.3) is 10.9 Å². The molecule has 1 N–H and O–H groups in total. The van der Waals surface area contributed by atoms with Crippen LogP contribution in [0.2, 0.25) is 0 Å². The lowest BCUT2D eigenvalue weighted by Gasteiger charge is -2.28. The molecule has 1 aromatic heterocycles. The van der Waals surface area contributed by atoms with E-state index in [1.54, 1.807) is 6.20 Å². The number of pyridine rings is 1. The van der Waals surface area contributed by atoms with Crippen LogP contribution in [0.3, 0.4) is 0 Å². The molecule has 2 aromatic carbocycles. The molecule has 0 fully saturated rings. The van der Waals surface area contributed by atoms with E-state index in [1.807, 2.05) is 48.5 Å². The fourth-order valence-corrected chi connectivity index (χ4v) is 2.75. The van der Waals surface area contributed by atoms with Crippen LogP contribution in [0.15, 0.2) is 54.7 Å². The topological polar surface area (TPSA) is 48.0 Å². The van der Waals surface area contributed by atoms with Crippen LogP contribution in [-0.4, -0.2) is 4.98 Å². The fourth-order valence-electron chi connectivity index (χ4n) is 2.75. The Morgan fingerprint density at radius 1 is 1.00 bits per heavy atom. The monoisotopic (exact) mass is 305 g/mol. The van der Waals surface area contributed by atoms with Gasteiger partial charge >= 0.3 is 0 Å². The molecule has 3 aromatic rings. The molecule has 23 heavy (non-hydrogen) atoms. The Hall–Kier alpha value is -2.55. The molecule has 0 aliphatic carbocycles. The highest BCUT2D eigenvalue weighted by Crippen LogP contribution is 2.31. The predicted octanol–water partition coefficient (Wildman–Crippen LogP) is 4.22. The van der Waals surface area contributed by atoms with Crippen LogP contribution < -0.4 is 10.4 Å². The highest BCUT2D eigenvalue weighted by atomic mass is 16.3. The molecule has 0 aliphatic rings. The minimum Gasteiger partial charge on any atom is -0.872 e. The van der Waals surface area contributed by atoms with Crippen molar-refractivity contribution >= 4 is 16.6 Å². The van der Waals surface area contributed by atoms with E-state index in [-0.39, 0.29) is 11.2 Å². The molecule has 0 atom stereocenters. The first-order chi connectivity index (χ1) is 11.0. The molecule has 0 saturated carbocycles.